The number of hydrogen-bond acceptors (Lipinski definition) is 2. The van der Waals surface area contributed by atoms with Gasteiger partial charge in [-0.15, -0.1) is 0 Å². The minimum atomic E-state index is 0.492. The summed E-state index contributed by atoms with van der Waals surface area (Å²) in [7, 11) is 0. The molecule has 0 aliphatic heterocycles. The molecular formula is C64H49N3. The standard InChI is InChI=1S/C64H49N3/c1-5-17-46(18-6-1)29-30-49-43-50-35-40-56(44-61(50)59-26-14-13-25-58(49)59)65(51-19-7-2-8-20-51)54-36-31-47(32-37-54)48-33-38-55(39-34-48)66(52-21-9-3-10-22-52)57-41-42-64-62(45-57)60-27-15-16-28-63(60)67(64)53-23-11-4-12-24-53/h1-28,31-42,44-45,49H,29-30,43H2. The van der Waals surface area contributed by atoms with Crippen molar-refractivity contribution < 1.29 is 0 Å². The lowest BCUT2D eigenvalue weighted by Gasteiger charge is -2.31. The molecule has 10 aromatic carbocycles. The van der Waals surface area contributed by atoms with E-state index < -0.39 is 0 Å². The topological polar surface area (TPSA) is 11.4 Å². The third kappa shape index (κ3) is 7.65. The van der Waals surface area contributed by atoms with Gasteiger partial charge in [-0.1, -0.05) is 158 Å². The van der Waals surface area contributed by atoms with Crippen LogP contribution in [0.15, 0.2) is 255 Å². The Balaban J connectivity index is 0.857. The van der Waals surface area contributed by atoms with E-state index in [0.717, 1.165) is 59.1 Å². The van der Waals surface area contributed by atoms with Crippen LogP contribution >= 0.6 is 0 Å². The molecule has 3 nitrogen and oxygen atoms in total. The van der Waals surface area contributed by atoms with Crippen LogP contribution in [-0.2, 0) is 12.8 Å². The molecule has 1 heterocycles. The molecule has 0 N–H and O–H groups in total. The minimum Gasteiger partial charge on any atom is -0.310 e. The van der Waals surface area contributed by atoms with Gasteiger partial charge >= 0.3 is 0 Å². The second-order valence-electron chi connectivity index (χ2n) is 17.7. The quantitative estimate of drug-likeness (QED) is 0.128. The van der Waals surface area contributed by atoms with Gasteiger partial charge in [0, 0.05) is 50.6 Å². The van der Waals surface area contributed by atoms with E-state index in [0.29, 0.717) is 5.92 Å². The maximum absolute atomic E-state index is 2.42. The van der Waals surface area contributed by atoms with E-state index in [1.807, 2.05) is 0 Å². The molecule has 1 atom stereocenters. The third-order valence-corrected chi connectivity index (χ3v) is 13.7. The number of aromatic nitrogens is 1. The number of aryl methyl sites for hydroxylation is 1. The Morgan fingerprint density at radius 3 is 1.52 bits per heavy atom. The molecule has 1 aliphatic carbocycles. The summed E-state index contributed by atoms with van der Waals surface area (Å²) in [6, 6.07) is 92.9. The van der Waals surface area contributed by atoms with Crippen molar-refractivity contribution in [1.82, 2.24) is 4.57 Å². The summed E-state index contributed by atoms with van der Waals surface area (Å²) in [4.78, 5) is 4.75. The molecule has 0 fully saturated rings. The smallest absolute Gasteiger partial charge is 0.0542 e. The Morgan fingerprint density at radius 1 is 0.373 bits per heavy atom. The number of para-hydroxylation sites is 4. The van der Waals surface area contributed by atoms with Gasteiger partial charge in [0.15, 0.2) is 0 Å². The summed E-state index contributed by atoms with van der Waals surface area (Å²) >= 11 is 0. The van der Waals surface area contributed by atoms with Crippen LogP contribution in [0.25, 0.3) is 49.7 Å². The molecule has 0 bridgehead atoms. The molecule has 0 radical (unpaired) electrons. The van der Waals surface area contributed by atoms with E-state index in [9.17, 15) is 0 Å². The monoisotopic (exact) mass is 859 g/mol. The summed E-state index contributed by atoms with van der Waals surface area (Å²) in [5, 5.41) is 2.46. The lowest BCUT2D eigenvalue weighted by Crippen LogP contribution is -2.14. The average molecular weight is 860 g/mol. The second kappa shape index (κ2) is 17.5. The molecule has 12 rings (SSSR count). The first-order valence-corrected chi connectivity index (χ1v) is 23.5. The molecule has 0 saturated carbocycles. The Hall–Kier alpha value is -8.40. The summed E-state index contributed by atoms with van der Waals surface area (Å²) < 4.78 is 2.37. The van der Waals surface area contributed by atoms with E-state index >= 15 is 0 Å². The molecule has 0 amide bonds. The van der Waals surface area contributed by atoms with Gasteiger partial charge in [-0.2, -0.15) is 0 Å². The van der Waals surface area contributed by atoms with E-state index in [1.54, 1.807) is 0 Å². The van der Waals surface area contributed by atoms with Crippen LogP contribution in [0.4, 0.5) is 34.1 Å². The number of rotatable bonds is 11. The lowest BCUT2D eigenvalue weighted by molar-refractivity contribution is 0.616. The van der Waals surface area contributed by atoms with Crippen molar-refractivity contribution in [3.05, 3.63) is 271 Å². The van der Waals surface area contributed by atoms with Gasteiger partial charge in [0.1, 0.15) is 0 Å². The molecule has 1 aromatic heterocycles. The van der Waals surface area contributed by atoms with Crippen LogP contribution in [-0.4, -0.2) is 4.57 Å². The van der Waals surface area contributed by atoms with Gasteiger partial charge in [0.2, 0.25) is 0 Å². The number of nitrogens with zero attached hydrogens (tertiary/aromatic N) is 3. The molecule has 1 aliphatic rings. The van der Waals surface area contributed by atoms with Crippen LogP contribution in [0.1, 0.15) is 29.0 Å². The number of benzene rings is 10. The first-order valence-electron chi connectivity index (χ1n) is 23.5. The van der Waals surface area contributed by atoms with Crippen LogP contribution in [0.2, 0.25) is 0 Å². The zero-order valence-corrected chi connectivity index (χ0v) is 37.3. The van der Waals surface area contributed by atoms with E-state index in [4.69, 9.17) is 0 Å². The molecule has 3 heteroatoms. The highest BCUT2D eigenvalue weighted by molar-refractivity contribution is 6.10. The van der Waals surface area contributed by atoms with E-state index in [-0.39, 0.29) is 0 Å². The fraction of sp³-hybridized carbons (Fsp3) is 0.0625. The zero-order chi connectivity index (χ0) is 44.5. The van der Waals surface area contributed by atoms with Crippen molar-refractivity contribution >= 4 is 55.9 Å². The molecule has 320 valence electrons. The van der Waals surface area contributed by atoms with Crippen molar-refractivity contribution in [2.45, 2.75) is 25.2 Å². The molecule has 11 aromatic rings. The molecular weight excluding hydrogens is 811 g/mol. The van der Waals surface area contributed by atoms with Gasteiger partial charge in [-0.25, -0.2) is 0 Å². The average Bonchev–Trinajstić information content (AvgIpc) is 3.73. The van der Waals surface area contributed by atoms with Crippen LogP contribution in [0.5, 0.6) is 0 Å². The van der Waals surface area contributed by atoms with Gasteiger partial charge in [0.05, 0.1) is 11.0 Å². The first kappa shape index (κ1) is 40.1. The van der Waals surface area contributed by atoms with E-state index in [1.165, 1.54) is 60.8 Å². The van der Waals surface area contributed by atoms with E-state index in [2.05, 4.69) is 269 Å². The number of hydrogen-bond donors (Lipinski definition) is 0. The normalized spacial score (nSPS) is 13.0. The summed E-state index contributed by atoms with van der Waals surface area (Å²) in [6.45, 7) is 0. The van der Waals surface area contributed by atoms with Crippen LogP contribution in [0, 0.1) is 0 Å². The van der Waals surface area contributed by atoms with Crippen molar-refractivity contribution in [2.24, 2.45) is 0 Å². The van der Waals surface area contributed by atoms with Crippen LogP contribution in [0.3, 0.4) is 0 Å². The predicted octanol–water partition coefficient (Wildman–Crippen LogP) is 17.3. The highest BCUT2D eigenvalue weighted by atomic mass is 15.1. The Morgan fingerprint density at radius 2 is 0.866 bits per heavy atom. The highest BCUT2D eigenvalue weighted by Crippen LogP contribution is 2.46. The summed E-state index contributed by atoms with van der Waals surface area (Å²) in [6.07, 6.45) is 3.27. The maximum atomic E-state index is 2.42. The third-order valence-electron chi connectivity index (χ3n) is 13.7. The zero-order valence-electron chi connectivity index (χ0n) is 37.3. The van der Waals surface area contributed by atoms with Crippen molar-refractivity contribution in [2.75, 3.05) is 9.80 Å². The number of fused-ring (bicyclic) bond motifs is 6. The second-order valence-corrected chi connectivity index (χ2v) is 17.7. The summed E-state index contributed by atoms with van der Waals surface area (Å²) in [5.41, 5.74) is 19.6. The van der Waals surface area contributed by atoms with Crippen LogP contribution < -0.4 is 9.80 Å². The maximum Gasteiger partial charge on any atom is 0.0542 e. The molecule has 0 saturated heterocycles. The van der Waals surface area contributed by atoms with Crippen molar-refractivity contribution in [1.29, 1.82) is 0 Å². The molecule has 1 unspecified atom stereocenters. The molecule has 0 spiro atoms. The van der Waals surface area contributed by atoms with Crippen molar-refractivity contribution in [3.8, 4) is 27.9 Å². The van der Waals surface area contributed by atoms with Gasteiger partial charge in [-0.05, 0) is 161 Å². The lowest BCUT2D eigenvalue weighted by atomic mass is 9.76. The highest BCUT2D eigenvalue weighted by Gasteiger charge is 2.26. The van der Waals surface area contributed by atoms with Crippen molar-refractivity contribution in [3.63, 3.8) is 0 Å². The first-order chi connectivity index (χ1) is 33.2. The fourth-order valence-electron chi connectivity index (χ4n) is 10.5. The van der Waals surface area contributed by atoms with Gasteiger partial charge in [-0.3, -0.25) is 0 Å². The SMILES string of the molecule is c1ccc(CCC2Cc3ccc(N(c4ccccc4)c4ccc(-c5ccc(N(c6ccccc6)c6ccc7c(c6)c6ccccc6n7-c6ccccc6)cc5)cc4)cc3-c3ccccc32)cc1. The summed E-state index contributed by atoms with van der Waals surface area (Å²) in [5.74, 6) is 0.492. The number of anilines is 6. The molecule has 67 heavy (non-hydrogen) atoms. The Bertz CT molecular complexity index is 3470. The van der Waals surface area contributed by atoms with Gasteiger partial charge in [0.25, 0.3) is 0 Å². The minimum absolute atomic E-state index is 0.492. The van der Waals surface area contributed by atoms with Gasteiger partial charge < -0.3 is 14.4 Å². The Kier molecular flexibility index (Phi) is 10.5. The largest absolute Gasteiger partial charge is 0.310 e. The predicted molar refractivity (Wildman–Crippen MR) is 282 cm³/mol. The fourth-order valence-corrected chi connectivity index (χ4v) is 10.5. The Labute approximate surface area is 393 Å².